The normalized spacial score (nSPS) is 13.3. The van der Waals surface area contributed by atoms with Gasteiger partial charge in [-0.15, -0.1) is 0 Å². The predicted molar refractivity (Wildman–Crippen MR) is 59.8 cm³/mol. The van der Waals surface area contributed by atoms with Gasteiger partial charge in [0.05, 0.1) is 0 Å². The van der Waals surface area contributed by atoms with Crippen molar-refractivity contribution in [2.45, 2.75) is 39.7 Å². The van der Waals surface area contributed by atoms with E-state index in [9.17, 15) is 0 Å². The first-order chi connectivity index (χ1) is 6.15. The van der Waals surface area contributed by atoms with E-state index in [1.165, 1.54) is 5.57 Å². The van der Waals surface area contributed by atoms with Crippen molar-refractivity contribution in [1.82, 2.24) is 4.90 Å². The molecule has 1 atom stereocenters. The van der Waals surface area contributed by atoms with Crippen molar-refractivity contribution in [3.8, 4) is 0 Å². The molecule has 0 aliphatic rings. The summed E-state index contributed by atoms with van der Waals surface area (Å²) in [4.78, 5) is 2.39. The number of hydrogen-bond donors (Lipinski definition) is 1. The van der Waals surface area contributed by atoms with Gasteiger partial charge in [-0.3, -0.25) is 0 Å². The third kappa shape index (κ3) is 5.06. The van der Waals surface area contributed by atoms with Crippen molar-refractivity contribution in [1.29, 1.82) is 0 Å². The van der Waals surface area contributed by atoms with E-state index in [1.807, 2.05) is 0 Å². The topological polar surface area (TPSA) is 29.3 Å². The maximum atomic E-state index is 5.96. The third-order valence-electron chi connectivity index (χ3n) is 2.63. The first kappa shape index (κ1) is 12.7. The zero-order chi connectivity index (χ0) is 10.3. The summed E-state index contributed by atoms with van der Waals surface area (Å²) in [6.07, 6.45) is 2.04. The fourth-order valence-electron chi connectivity index (χ4n) is 1.33. The number of nitrogens with two attached hydrogens (primary N) is 1. The van der Waals surface area contributed by atoms with Gasteiger partial charge in [-0.05, 0) is 32.5 Å². The van der Waals surface area contributed by atoms with Gasteiger partial charge in [0.1, 0.15) is 0 Å². The third-order valence-corrected chi connectivity index (χ3v) is 2.63. The molecule has 78 valence electrons. The van der Waals surface area contributed by atoms with E-state index < -0.39 is 0 Å². The fraction of sp³-hybridized carbons (Fsp3) is 0.818. The molecule has 2 N–H and O–H groups in total. The number of rotatable bonds is 7. The highest BCUT2D eigenvalue weighted by atomic mass is 15.1. The summed E-state index contributed by atoms with van der Waals surface area (Å²) in [5.41, 5.74) is 7.13. The second-order valence-corrected chi connectivity index (χ2v) is 3.43. The predicted octanol–water partition coefficient (Wildman–Crippen LogP) is 2.01. The Labute approximate surface area is 82.8 Å². The second kappa shape index (κ2) is 7.10. The van der Waals surface area contributed by atoms with E-state index in [1.54, 1.807) is 0 Å². The first-order valence-corrected chi connectivity index (χ1v) is 5.31. The summed E-state index contributed by atoms with van der Waals surface area (Å²) < 4.78 is 0. The van der Waals surface area contributed by atoms with Gasteiger partial charge < -0.3 is 10.6 Å². The molecule has 0 heterocycles. The molecular weight excluding hydrogens is 160 g/mol. The van der Waals surface area contributed by atoms with Gasteiger partial charge in [-0.1, -0.05) is 32.9 Å². The summed E-state index contributed by atoms with van der Waals surface area (Å²) in [5.74, 6) is 0. The van der Waals surface area contributed by atoms with E-state index in [2.05, 4.69) is 32.3 Å². The minimum absolute atomic E-state index is 0.186. The van der Waals surface area contributed by atoms with E-state index in [0.29, 0.717) is 0 Å². The Morgan fingerprint density at radius 2 is 1.85 bits per heavy atom. The van der Waals surface area contributed by atoms with Crippen molar-refractivity contribution in [3.05, 3.63) is 12.2 Å². The van der Waals surface area contributed by atoms with Gasteiger partial charge in [-0.2, -0.15) is 0 Å². The SMILES string of the molecule is C=C(CC)[C@@H](N)CCN(CC)CC. The average molecular weight is 184 g/mol. The van der Waals surface area contributed by atoms with Gasteiger partial charge in [0, 0.05) is 6.04 Å². The van der Waals surface area contributed by atoms with Crippen molar-refractivity contribution in [3.63, 3.8) is 0 Å². The molecule has 0 bridgehead atoms. The largest absolute Gasteiger partial charge is 0.324 e. The molecule has 0 aliphatic carbocycles. The smallest absolute Gasteiger partial charge is 0.0263 e. The van der Waals surface area contributed by atoms with Crippen molar-refractivity contribution < 1.29 is 0 Å². The Balaban J connectivity index is 3.67. The van der Waals surface area contributed by atoms with E-state index in [0.717, 1.165) is 32.5 Å². The van der Waals surface area contributed by atoms with Crippen molar-refractivity contribution >= 4 is 0 Å². The summed E-state index contributed by atoms with van der Waals surface area (Å²) >= 11 is 0. The van der Waals surface area contributed by atoms with E-state index >= 15 is 0 Å². The highest BCUT2D eigenvalue weighted by Gasteiger charge is 2.07. The minimum atomic E-state index is 0.186. The zero-order valence-corrected chi connectivity index (χ0v) is 9.34. The van der Waals surface area contributed by atoms with Crippen LogP contribution in [0, 0.1) is 0 Å². The van der Waals surface area contributed by atoms with Gasteiger partial charge in [0.15, 0.2) is 0 Å². The molecule has 0 aromatic heterocycles. The van der Waals surface area contributed by atoms with Crippen LogP contribution in [0.25, 0.3) is 0 Å². The van der Waals surface area contributed by atoms with Crippen LogP contribution < -0.4 is 5.73 Å². The molecule has 2 heteroatoms. The van der Waals surface area contributed by atoms with Crippen LogP contribution in [-0.4, -0.2) is 30.6 Å². The van der Waals surface area contributed by atoms with Crippen LogP contribution in [0.4, 0.5) is 0 Å². The lowest BCUT2D eigenvalue weighted by atomic mass is 10.0. The molecule has 0 fully saturated rings. The van der Waals surface area contributed by atoms with Gasteiger partial charge >= 0.3 is 0 Å². The Bertz CT molecular complexity index is 139. The molecule has 0 rings (SSSR count). The van der Waals surface area contributed by atoms with Crippen LogP contribution in [0.3, 0.4) is 0 Å². The molecule has 0 unspecified atom stereocenters. The monoisotopic (exact) mass is 184 g/mol. The summed E-state index contributed by atoms with van der Waals surface area (Å²) in [6, 6.07) is 0.186. The van der Waals surface area contributed by atoms with Crippen molar-refractivity contribution in [2.75, 3.05) is 19.6 Å². The van der Waals surface area contributed by atoms with Crippen LogP contribution >= 0.6 is 0 Å². The minimum Gasteiger partial charge on any atom is -0.324 e. The van der Waals surface area contributed by atoms with Gasteiger partial charge in [0.2, 0.25) is 0 Å². The molecule has 0 spiro atoms. The Kier molecular flexibility index (Phi) is 6.92. The maximum Gasteiger partial charge on any atom is 0.0263 e. The Hall–Kier alpha value is -0.340. The fourth-order valence-corrected chi connectivity index (χ4v) is 1.33. The number of hydrogen-bond acceptors (Lipinski definition) is 2. The Morgan fingerprint density at radius 1 is 1.31 bits per heavy atom. The summed E-state index contributed by atoms with van der Waals surface area (Å²) in [7, 11) is 0. The summed E-state index contributed by atoms with van der Waals surface area (Å²) in [6.45, 7) is 13.8. The van der Waals surface area contributed by atoms with E-state index in [-0.39, 0.29) is 6.04 Å². The van der Waals surface area contributed by atoms with Gasteiger partial charge in [-0.25, -0.2) is 0 Å². The standard InChI is InChI=1S/C11H24N2/c1-5-10(4)11(12)8-9-13(6-2)7-3/h11H,4-9,12H2,1-3H3/t11-/m0/s1. The van der Waals surface area contributed by atoms with Crippen LogP contribution in [0.2, 0.25) is 0 Å². The molecule has 13 heavy (non-hydrogen) atoms. The molecule has 0 saturated heterocycles. The highest BCUT2D eigenvalue weighted by Crippen LogP contribution is 2.06. The van der Waals surface area contributed by atoms with E-state index in [4.69, 9.17) is 5.73 Å². The van der Waals surface area contributed by atoms with Gasteiger partial charge in [0.25, 0.3) is 0 Å². The molecule has 0 aliphatic heterocycles. The number of nitrogens with zero attached hydrogens (tertiary/aromatic N) is 1. The first-order valence-electron chi connectivity index (χ1n) is 5.31. The molecule has 2 nitrogen and oxygen atoms in total. The lowest BCUT2D eigenvalue weighted by molar-refractivity contribution is 0.294. The average Bonchev–Trinajstić information content (AvgIpc) is 2.17. The Morgan fingerprint density at radius 3 is 2.23 bits per heavy atom. The lowest BCUT2D eigenvalue weighted by Crippen LogP contribution is -2.31. The molecular formula is C11H24N2. The molecule has 0 aromatic rings. The van der Waals surface area contributed by atoms with Crippen LogP contribution in [0.5, 0.6) is 0 Å². The second-order valence-electron chi connectivity index (χ2n) is 3.43. The molecule has 0 aromatic carbocycles. The van der Waals surface area contributed by atoms with Crippen molar-refractivity contribution in [2.24, 2.45) is 5.73 Å². The molecule has 0 radical (unpaired) electrons. The van der Waals surface area contributed by atoms with Crippen LogP contribution in [-0.2, 0) is 0 Å². The van der Waals surface area contributed by atoms with Crippen LogP contribution in [0.1, 0.15) is 33.6 Å². The molecule has 0 amide bonds. The quantitative estimate of drug-likeness (QED) is 0.613. The lowest BCUT2D eigenvalue weighted by Gasteiger charge is -2.21. The zero-order valence-electron chi connectivity index (χ0n) is 9.34. The maximum absolute atomic E-state index is 5.96. The summed E-state index contributed by atoms with van der Waals surface area (Å²) in [5, 5.41) is 0. The molecule has 0 saturated carbocycles. The van der Waals surface area contributed by atoms with Crippen LogP contribution in [0.15, 0.2) is 12.2 Å². The highest BCUT2D eigenvalue weighted by molar-refractivity contribution is 5.03.